The predicted molar refractivity (Wildman–Crippen MR) is 99.7 cm³/mol. The zero-order valence-electron chi connectivity index (χ0n) is 13.1. The molecule has 0 radical (unpaired) electrons. The van der Waals surface area contributed by atoms with Crippen LogP contribution < -0.4 is 4.90 Å². The van der Waals surface area contributed by atoms with Crippen molar-refractivity contribution in [3.8, 4) is 0 Å². The monoisotopic (exact) mass is 431 g/mol. The second-order valence-electron chi connectivity index (χ2n) is 5.56. The number of carbonyl (C=O) groups is 1. The van der Waals surface area contributed by atoms with Gasteiger partial charge in [0, 0.05) is 18.4 Å². The molecule has 3 rings (SSSR count). The molecule has 24 heavy (non-hydrogen) atoms. The Morgan fingerprint density at radius 3 is 2.96 bits per heavy atom. The lowest BCUT2D eigenvalue weighted by Gasteiger charge is -2.23. The third-order valence-electron chi connectivity index (χ3n) is 3.86. The van der Waals surface area contributed by atoms with Gasteiger partial charge in [0.25, 0.3) is 0 Å². The number of nitrogens with zero attached hydrogens (tertiary/aromatic N) is 3. The number of benzene rings is 1. The lowest BCUT2D eigenvalue weighted by Crippen LogP contribution is -2.29. The first kappa shape index (κ1) is 17.9. The van der Waals surface area contributed by atoms with Crippen LogP contribution in [0.5, 0.6) is 0 Å². The Bertz CT molecular complexity index is 805. The fraction of sp³-hybridized carbons (Fsp3) is 0.438. The number of thioether (sulfide) groups is 1. The SMILES string of the molecule is CCSc1nc(N2CCCCC(=O)C2)c2cc(Cl)c(Br)c(F)c2n1. The Morgan fingerprint density at radius 2 is 2.21 bits per heavy atom. The summed E-state index contributed by atoms with van der Waals surface area (Å²) in [6.45, 7) is 2.99. The molecule has 0 spiro atoms. The van der Waals surface area contributed by atoms with Crippen molar-refractivity contribution >= 4 is 61.8 Å². The minimum Gasteiger partial charge on any atom is -0.349 e. The Kier molecular flexibility index (Phi) is 5.62. The van der Waals surface area contributed by atoms with E-state index in [9.17, 15) is 9.18 Å². The van der Waals surface area contributed by atoms with E-state index in [1.54, 1.807) is 6.07 Å². The Labute approximate surface area is 157 Å². The van der Waals surface area contributed by atoms with E-state index in [2.05, 4.69) is 25.9 Å². The molecule has 1 fully saturated rings. The number of hydrogen-bond acceptors (Lipinski definition) is 5. The number of carbonyl (C=O) groups excluding carboxylic acids is 1. The molecule has 128 valence electrons. The van der Waals surface area contributed by atoms with Gasteiger partial charge in [-0.2, -0.15) is 0 Å². The van der Waals surface area contributed by atoms with Crippen LogP contribution in [0.2, 0.25) is 5.02 Å². The second-order valence-corrected chi connectivity index (χ2v) is 7.99. The average Bonchev–Trinajstić information content (AvgIpc) is 2.78. The molecule has 0 unspecified atom stereocenters. The number of anilines is 1. The number of rotatable bonds is 3. The summed E-state index contributed by atoms with van der Waals surface area (Å²) in [5.41, 5.74) is 0.226. The van der Waals surface area contributed by atoms with E-state index >= 15 is 0 Å². The summed E-state index contributed by atoms with van der Waals surface area (Å²) >= 11 is 10.7. The maximum Gasteiger partial charge on any atom is 0.190 e. The van der Waals surface area contributed by atoms with Crippen LogP contribution in [0.3, 0.4) is 0 Å². The van der Waals surface area contributed by atoms with Crippen LogP contribution in [0.25, 0.3) is 10.9 Å². The van der Waals surface area contributed by atoms with Gasteiger partial charge in [-0.25, -0.2) is 14.4 Å². The minimum atomic E-state index is -0.500. The second kappa shape index (κ2) is 7.54. The minimum absolute atomic E-state index is 0.174. The van der Waals surface area contributed by atoms with Gasteiger partial charge in [-0.05, 0) is 40.6 Å². The van der Waals surface area contributed by atoms with Crippen LogP contribution >= 0.6 is 39.3 Å². The quantitative estimate of drug-likeness (QED) is 0.394. The standard InChI is InChI=1S/C16H16BrClFN3OS/c1-2-24-16-20-14-10(7-11(18)12(17)13(14)19)15(21-16)22-6-4-3-5-9(23)8-22/h7H,2-6,8H2,1H3. The molecule has 0 bridgehead atoms. The van der Waals surface area contributed by atoms with Crippen molar-refractivity contribution in [3.63, 3.8) is 0 Å². The number of ketones is 1. The Morgan fingerprint density at radius 1 is 1.42 bits per heavy atom. The smallest absolute Gasteiger partial charge is 0.190 e. The van der Waals surface area contributed by atoms with Gasteiger partial charge in [-0.15, -0.1) is 0 Å². The third-order valence-corrected chi connectivity index (χ3v) is 5.89. The van der Waals surface area contributed by atoms with E-state index in [-0.39, 0.29) is 27.3 Å². The van der Waals surface area contributed by atoms with Crippen molar-refractivity contribution in [2.24, 2.45) is 0 Å². The summed E-state index contributed by atoms with van der Waals surface area (Å²) in [4.78, 5) is 22.9. The molecule has 1 saturated heterocycles. The molecule has 0 amide bonds. The molecule has 0 aliphatic carbocycles. The topological polar surface area (TPSA) is 46.1 Å². The first-order valence-electron chi connectivity index (χ1n) is 7.76. The molecule has 1 aromatic heterocycles. The first-order chi connectivity index (χ1) is 11.5. The van der Waals surface area contributed by atoms with Crippen molar-refractivity contribution < 1.29 is 9.18 Å². The average molecular weight is 433 g/mol. The van der Waals surface area contributed by atoms with Crippen molar-refractivity contribution in [2.45, 2.75) is 31.3 Å². The van der Waals surface area contributed by atoms with Crippen LogP contribution in [-0.4, -0.2) is 34.6 Å². The van der Waals surface area contributed by atoms with Gasteiger partial charge >= 0.3 is 0 Å². The van der Waals surface area contributed by atoms with Gasteiger partial charge in [0.05, 0.1) is 16.0 Å². The maximum atomic E-state index is 14.7. The van der Waals surface area contributed by atoms with Crippen LogP contribution in [0, 0.1) is 5.82 Å². The first-order valence-corrected chi connectivity index (χ1v) is 9.91. The largest absolute Gasteiger partial charge is 0.349 e. The summed E-state index contributed by atoms with van der Waals surface area (Å²) in [6, 6.07) is 1.66. The van der Waals surface area contributed by atoms with Gasteiger partial charge in [-0.1, -0.05) is 30.3 Å². The molecule has 0 saturated carbocycles. The number of fused-ring (bicyclic) bond motifs is 1. The molecule has 4 nitrogen and oxygen atoms in total. The molecule has 0 atom stereocenters. The fourth-order valence-corrected chi connectivity index (χ4v) is 3.81. The van der Waals surface area contributed by atoms with Gasteiger partial charge in [0.15, 0.2) is 16.8 Å². The summed E-state index contributed by atoms with van der Waals surface area (Å²) in [6.07, 6.45) is 2.35. The highest BCUT2D eigenvalue weighted by molar-refractivity contribution is 9.10. The molecule has 8 heteroatoms. The number of Topliss-reactive ketones (excluding diaryl/α,β-unsaturated/α-hetero) is 1. The van der Waals surface area contributed by atoms with Crippen LogP contribution in [-0.2, 0) is 4.79 Å². The van der Waals surface area contributed by atoms with E-state index in [4.69, 9.17) is 11.6 Å². The van der Waals surface area contributed by atoms with Gasteiger partial charge in [0.2, 0.25) is 0 Å². The lowest BCUT2D eigenvalue weighted by atomic mass is 10.2. The molecule has 1 aliphatic heterocycles. The molecular weight excluding hydrogens is 417 g/mol. The summed E-state index contributed by atoms with van der Waals surface area (Å²) in [5, 5.41) is 1.31. The third kappa shape index (κ3) is 3.53. The lowest BCUT2D eigenvalue weighted by molar-refractivity contribution is -0.117. The summed E-state index contributed by atoms with van der Waals surface area (Å²) in [7, 11) is 0. The zero-order valence-corrected chi connectivity index (χ0v) is 16.3. The fourth-order valence-electron chi connectivity index (χ4n) is 2.75. The highest BCUT2D eigenvalue weighted by atomic mass is 79.9. The Hall–Kier alpha value is -0.920. The number of aromatic nitrogens is 2. The molecule has 0 N–H and O–H groups in total. The van der Waals surface area contributed by atoms with Crippen molar-refractivity contribution in [2.75, 3.05) is 23.7 Å². The predicted octanol–water partition coefficient (Wildman–Crippen LogP) is 4.86. The molecule has 1 aliphatic rings. The Balaban J connectivity index is 2.22. The number of hydrogen-bond donors (Lipinski definition) is 0. The normalized spacial score (nSPS) is 15.8. The van der Waals surface area contributed by atoms with Crippen molar-refractivity contribution in [1.29, 1.82) is 0 Å². The van der Waals surface area contributed by atoms with E-state index < -0.39 is 5.82 Å². The van der Waals surface area contributed by atoms with Crippen LogP contribution in [0.1, 0.15) is 26.2 Å². The van der Waals surface area contributed by atoms with Crippen LogP contribution in [0.4, 0.5) is 10.2 Å². The van der Waals surface area contributed by atoms with Gasteiger partial charge in [-0.3, -0.25) is 4.79 Å². The van der Waals surface area contributed by atoms with Gasteiger partial charge in [0.1, 0.15) is 11.3 Å². The molecule has 2 aromatic rings. The maximum absolute atomic E-state index is 14.7. The van der Waals surface area contributed by atoms with Crippen LogP contribution in [0.15, 0.2) is 15.7 Å². The summed E-state index contributed by atoms with van der Waals surface area (Å²) in [5.74, 6) is 1.03. The van der Waals surface area contributed by atoms with Crippen molar-refractivity contribution in [3.05, 3.63) is 21.4 Å². The van der Waals surface area contributed by atoms with Crippen molar-refractivity contribution in [1.82, 2.24) is 9.97 Å². The van der Waals surface area contributed by atoms with Gasteiger partial charge < -0.3 is 4.90 Å². The highest BCUT2D eigenvalue weighted by Crippen LogP contribution is 2.36. The zero-order chi connectivity index (χ0) is 17.3. The van der Waals surface area contributed by atoms with E-state index in [0.29, 0.717) is 29.3 Å². The number of halogens is 3. The van der Waals surface area contributed by atoms with E-state index in [1.165, 1.54) is 11.8 Å². The van der Waals surface area contributed by atoms with E-state index in [0.717, 1.165) is 18.6 Å². The molecule has 1 aromatic carbocycles. The molecule has 2 heterocycles. The summed E-state index contributed by atoms with van der Waals surface area (Å²) < 4.78 is 14.9. The van der Waals surface area contributed by atoms with E-state index in [1.807, 2.05) is 11.8 Å². The molecular formula is C16H16BrClFN3OS. The highest BCUT2D eigenvalue weighted by Gasteiger charge is 2.23.